The molecule has 0 fully saturated rings. The van der Waals surface area contributed by atoms with E-state index in [4.69, 9.17) is 19.9 Å². The Morgan fingerprint density at radius 1 is 1.31 bits per heavy atom. The Morgan fingerprint density at radius 2 is 2.14 bits per heavy atom. The fraction of sp³-hybridized carbons (Fsp3) is 0.476. The topological polar surface area (TPSA) is 87.2 Å². The number of ether oxygens (including phenoxy) is 3. The molecule has 1 aromatic carbocycles. The summed E-state index contributed by atoms with van der Waals surface area (Å²) < 4.78 is 17.1. The molecule has 3 aliphatic rings. The maximum Gasteiger partial charge on any atom is 0.251 e. The van der Waals surface area contributed by atoms with Gasteiger partial charge in [-0.05, 0) is 42.9 Å². The number of hydrogen-bond acceptors (Lipinski definition) is 6. The molecule has 29 heavy (non-hydrogen) atoms. The molecule has 1 aliphatic carbocycles. The Hall–Kier alpha value is -2.45. The quantitative estimate of drug-likeness (QED) is 0.706. The van der Waals surface area contributed by atoms with Gasteiger partial charge < -0.3 is 30.2 Å². The fourth-order valence-electron chi connectivity index (χ4n) is 4.78. The minimum absolute atomic E-state index is 0.0681. The number of thiophene rings is 1. The molecule has 0 radical (unpaired) electrons. The largest absolute Gasteiger partial charge is 0.492 e. The van der Waals surface area contributed by atoms with Crippen molar-refractivity contribution in [3.63, 3.8) is 0 Å². The summed E-state index contributed by atoms with van der Waals surface area (Å²) in [6.07, 6.45) is 5.08. The number of anilines is 1. The monoisotopic (exact) mass is 416 g/mol. The van der Waals surface area contributed by atoms with Gasteiger partial charge in [0.2, 0.25) is 12.5 Å². The van der Waals surface area contributed by atoms with Crippen LogP contribution in [0.5, 0.6) is 17.2 Å². The number of carbonyl (C=O) groups excluding carboxylic acids is 1. The average Bonchev–Trinajstić information content (AvgIpc) is 3.32. The van der Waals surface area contributed by atoms with Crippen LogP contribution in [0.25, 0.3) is 0 Å². The second-order valence-corrected chi connectivity index (χ2v) is 9.02. The number of quaternary nitrogens is 1. The van der Waals surface area contributed by atoms with Crippen LogP contribution in [-0.2, 0) is 19.3 Å². The molecule has 2 atom stereocenters. The Labute approximate surface area is 173 Å². The zero-order valence-corrected chi connectivity index (χ0v) is 17.5. The number of rotatable bonds is 4. The van der Waals surface area contributed by atoms with Crippen LogP contribution < -0.4 is 30.2 Å². The maximum absolute atomic E-state index is 12.3. The van der Waals surface area contributed by atoms with Crippen molar-refractivity contribution in [2.24, 2.45) is 5.73 Å². The number of fused-ring (bicyclic) bond motifs is 3. The van der Waals surface area contributed by atoms with Crippen molar-refractivity contribution in [3.8, 4) is 17.2 Å². The number of likely N-dealkylation sites (N-methyl/N-ethyl adjacent to an activating group) is 1. The highest BCUT2D eigenvalue weighted by atomic mass is 32.1. The molecule has 154 valence electrons. The normalized spacial score (nSPS) is 22.0. The van der Waals surface area contributed by atoms with Gasteiger partial charge in [-0.3, -0.25) is 4.79 Å². The van der Waals surface area contributed by atoms with Crippen LogP contribution >= 0.6 is 11.3 Å². The molecule has 1 aromatic heterocycles. The minimum Gasteiger partial charge on any atom is -0.492 e. The van der Waals surface area contributed by atoms with Crippen molar-refractivity contribution in [1.82, 2.24) is 0 Å². The standard InChI is InChI=1S/C21H25N3O4S/c1-24-8-7-11-9-13-17(28-10-27-13)18(26-2)15(11)20(24)23-21-16(19(22)25)12-5-3-4-6-14(12)29-21/h9,20,23H,3-8,10H2,1-2H3,(H2,22,25)/p+1/t20-/m0/s1. The van der Waals surface area contributed by atoms with E-state index in [9.17, 15) is 4.79 Å². The number of hydrogen-bond donors (Lipinski definition) is 3. The number of carbonyl (C=O) groups is 1. The number of benzene rings is 1. The first-order valence-corrected chi connectivity index (χ1v) is 10.9. The summed E-state index contributed by atoms with van der Waals surface area (Å²) in [6.45, 7) is 1.17. The Bertz CT molecular complexity index is 987. The predicted octanol–water partition coefficient (Wildman–Crippen LogP) is 1.64. The van der Waals surface area contributed by atoms with E-state index in [1.165, 1.54) is 21.8 Å². The molecule has 0 saturated carbocycles. The first kappa shape index (κ1) is 18.6. The van der Waals surface area contributed by atoms with Gasteiger partial charge in [-0.2, -0.15) is 0 Å². The van der Waals surface area contributed by atoms with E-state index in [2.05, 4.69) is 18.4 Å². The van der Waals surface area contributed by atoms with Crippen LogP contribution in [0.1, 0.15) is 50.9 Å². The lowest BCUT2D eigenvalue weighted by molar-refractivity contribution is -0.910. The van der Waals surface area contributed by atoms with Crippen LogP contribution in [0.3, 0.4) is 0 Å². The number of amides is 1. The number of methoxy groups -OCH3 is 1. The Kier molecular flexibility index (Phi) is 4.55. The summed E-state index contributed by atoms with van der Waals surface area (Å²) in [5.74, 6) is 1.77. The molecule has 3 heterocycles. The van der Waals surface area contributed by atoms with Crippen molar-refractivity contribution in [2.45, 2.75) is 38.3 Å². The van der Waals surface area contributed by atoms with Gasteiger partial charge in [0.1, 0.15) is 5.00 Å². The summed E-state index contributed by atoms with van der Waals surface area (Å²) in [5, 5.41) is 4.54. The van der Waals surface area contributed by atoms with E-state index >= 15 is 0 Å². The van der Waals surface area contributed by atoms with Gasteiger partial charge in [0, 0.05) is 11.3 Å². The minimum atomic E-state index is -0.349. The first-order chi connectivity index (χ1) is 14.1. The van der Waals surface area contributed by atoms with Crippen LogP contribution in [0, 0.1) is 0 Å². The van der Waals surface area contributed by atoms with Crippen molar-refractivity contribution in [3.05, 3.63) is 33.2 Å². The van der Waals surface area contributed by atoms with E-state index in [-0.39, 0.29) is 18.9 Å². The van der Waals surface area contributed by atoms with Crippen molar-refractivity contribution in [2.75, 3.05) is 32.8 Å². The molecule has 4 N–H and O–H groups in total. The van der Waals surface area contributed by atoms with Crippen LogP contribution in [-0.4, -0.2) is 33.4 Å². The highest BCUT2D eigenvalue weighted by Crippen LogP contribution is 2.48. The van der Waals surface area contributed by atoms with Crippen molar-refractivity contribution >= 4 is 22.2 Å². The third kappa shape index (κ3) is 2.93. The van der Waals surface area contributed by atoms with E-state index in [1.807, 2.05) is 0 Å². The van der Waals surface area contributed by atoms with Gasteiger partial charge in [-0.25, -0.2) is 0 Å². The molecular weight excluding hydrogens is 390 g/mol. The van der Waals surface area contributed by atoms with E-state index in [0.29, 0.717) is 17.1 Å². The van der Waals surface area contributed by atoms with Crippen molar-refractivity contribution < 1.29 is 23.9 Å². The lowest BCUT2D eigenvalue weighted by Gasteiger charge is -2.33. The van der Waals surface area contributed by atoms with Crippen LogP contribution in [0.4, 0.5) is 5.00 Å². The summed E-state index contributed by atoms with van der Waals surface area (Å²) in [6, 6.07) is 2.07. The van der Waals surface area contributed by atoms with Gasteiger partial charge in [0.25, 0.3) is 5.91 Å². The van der Waals surface area contributed by atoms with E-state index < -0.39 is 0 Å². The summed E-state index contributed by atoms with van der Waals surface area (Å²) in [4.78, 5) is 14.9. The van der Waals surface area contributed by atoms with E-state index in [1.54, 1.807) is 18.4 Å². The third-order valence-corrected chi connectivity index (χ3v) is 7.43. The molecule has 1 unspecified atom stereocenters. The number of nitrogens with one attached hydrogen (secondary N) is 2. The second-order valence-electron chi connectivity index (χ2n) is 7.92. The fourth-order valence-corrected chi connectivity index (χ4v) is 6.10. The van der Waals surface area contributed by atoms with Gasteiger partial charge in [0.05, 0.1) is 31.8 Å². The molecule has 2 aliphatic heterocycles. The number of primary amides is 1. The molecule has 1 amide bonds. The van der Waals surface area contributed by atoms with E-state index in [0.717, 1.165) is 54.1 Å². The second kappa shape index (κ2) is 7.11. The van der Waals surface area contributed by atoms with Crippen molar-refractivity contribution in [1.29, 1.82) is 0 Å². The molecule has 5 rings (SSSR count). The smallest absolute Gasteiger partial charge is 0.251 e. The number of nitrogens with two attached hydrogens (primary N) is 1. The SMILES string of the molecule is COc1c2c(cc3c1[C@@H](Nc1sc4c(c1C(N)=O)CCCC4)[NH+](C)CC3)OCO2. The van der Waals surface area contributed by atoms with Gasteiger partial charge >= 0.3 is 0 Å². The predicted molar refractivity (Wildman–Crippen MR) is 110 cm³/mol. The highest BCUT2D eigenvalue weighted by molar-refractivity contribution is 7.16. The lowest BCUT2D eigenvalue weighted by atomic mass is 9.94. The summed E-state index contributed by atoms with van der Waals surface area (Å²) in [7, 11) is 3.82. The van der Waals surface area contributed by atoms with Crippen LogP contribution in [0.15, 0.2) is 6.07 Å². The molecule has 0 saturated heterocycles. The molecule has 0 bridgehead atoms. The molecular formula is C21H26N3O4S+. The Balaban J connectivity index is 1.60. The number of aryl methyl sites for hydroxylation is 1. The van der Waals surface area contributed by atoms with Gasteiger partial charge in [-0.1, -0.05) is 0 Å². The van der Waals surface area contributed by atoms with Crippen LogP contribution in [0.2, 0.25) is 0 Å². The average molecular weight is 417 g/mol. The molecule has 0 spiro atoms. The zero-order valence-electron chi connectivity index (χ0n) is 16.7. The van der Waals surface area contributed by atoms with Gasteiger partial charge in [-0.15, -0.1) is 11.3 Å². The summed E-state index contributed by atoms with van der Waals surface area (Å²) >= 11 is 1.68. The highest BCUT2D eigenvalue weighted by Gasteiger charge is 2.38. The maximum atomic E-state index is 12.3. The first-order valence-electron chi connectivity index (χ1n) is 10.1. The zero-order chi connectivity index (χ0) is 20.1. The molecule has 7 nitrogen and oxygen atoms in total. The Morgan fingerprint density at radius 3 is 2.93 bits per heavy atom. The van der Waals surface area contributed by atoms with Gasteiger partial charge in [0.15, 0.2) is 17.7 Å². The summed E-state index contributed by atoms with van der Waals surface area (Å²) in [5.41, 5.74) is 9.88. The lowest BCUT2D eigenvalue weighted by Crippen LogP contribution is -3.11. The molecule has 2 aromatic rings. The molecule has 8 heteroatoms. The third-order valence-electron chi connectivity index (χ3n) is 6.21.